The Morgan fingerprint density at radius 2 is 0.718 bits per heavy atom. The fourth-order valence-electron chi connectivity index (χ4n) is 5.56. The van der Waals surface area contributed by atoms with Crippen LogP contribution < -0.4 is 5.73 Å². The van der Waals surface area contributed by atoms with E-state index >= 15 is 0 Å². The van der Waals surface area contributed by atoms with Crippen molar-refractivity contribution in [2.45, 2.75) is 201 Å². The second-order valence-electron chi connectivity index (χ2n) is 12.3. The molecule has 1 aromatic carbocycles. The highest BCUT2D eigenvalue weighted by Gasteiger charge is 1.98. The first-order chi connectivity index (χ1) is 19.3. The third-order valence-electron chi connectivity index (χ3n) is 8.37. The summed E-state index contributed by atoms with van der Waals surface area (Å²) in [6.07, 6.45) is 39.8. The van der Waals surface area contributed by atoms with Crippen molar-refractivity contribution in [2.75, 3.05) is 6.54 Å². The van der Waals surface area contributed by atoms with Gasteiger partial charge in [0.25, 0.3) is 0 Å². The smallest absolute Gasteiger partial charge is 0.00773 e. The predicted octanol–water partition coefficient (Wildman–Crippen LogP) is 13.1. The Kier molecular flexibility index (Phi) is 32.7. The molecule has 0 heterocycles. The van der Waals surface area contributed by atoms with Crippen LogP contribution in [0.2, 0.25) is 0 Å². The van der Waals surface area contributed by atoms with E-state index in [0.29, 0.717) is 0 Å². The van der Waals surface area contributed by atoms with Crippen molar-refractivity contribution in [1.29, 1.82) is 0 Å². The molecule has 230 valence electrons. The lowest BCUT2D eigenvalue weighted by Gasteiger charge is -2.05. The molecule has 0 aliphatic heterocycles. The van der Waals surface area contributed by atoms with Crippen LogP contribution in [-0.4, -0.2) is 6.54 Å². The van der Waals surface area contributed by atoms with Gasteiger partial charge in [-0.3, -0.25) is 0 Å². The van der Waals surface area contributed by atoms with Crippen molar-refractivity contribution in [3.63, 3.8) is 0 Å². The molecule has 0 radical (unpaired) electrons. The third kappa shape index (κ3) is 30.0. The van der Waals surface area contributed by atoms with E-state index in [9.17, 15) is 0 Å². The van der Waals surface area contributed by atoms with Gasteiger partial charge in [0.2, 0.25) is 0 Å². The van der Waals surface area contributed by atoms with Crippen LogP contribution in [-0.2, 0) is 6.42 Å². The third-order valence-corrected chi connectivity index (χ3v) is 8.37. The Morgan fingerprint density at radius 3 is 1.05 bits per heavy atom. The van der Waals surface area contributed by atoms with E-state index < -0.39 is 0 Å². The van der Waals surface area contributed by atoms with E-state index in [1.165, 1.54) is 185 Å². The SMILES string of the molecule is CCCCCCCCCCCCCCCCCCN.CCCCCCCCCCCCCc1ccccc1C. The van der Waals surface area contributed by atoms with Gasteiger partial charge < -0.3 is 5.73 Å². The van der Waals surface area contributed by atoms with E-state index in [1.54, 1.807) is 5.56 Å². The Labute approximate surface area is 247 Å². The zero-order valence-electron chi connectivity index (χ0n) is 27.4. The Bertz CT molecular complexity index is 550. The molecule has 0 aromatic heterocycles. The molecule has 0 aliphatic carbocycles. The summed E-state index contributed by atoms with van der Waals surface area (Å²) in [5.74, 6) is 0. The minimum absolute atomic E-state index is 0.873. The minimum atomic E-state index is 0.873. The van der Waals surface area contributed by atoms with Crippen LogP contribution in [0.5, 0.6) is 0 Å². The van der Waals surface area contributed by atoms with Gasteiger partial charge in [0.1, 0.15) is 0 Å². The summed E-state index contributed by atoms with van der Waals surface area (Å²) in [5.41, 5.74) is 8.49. The second-order valence-corrected chi connectivity index (χ2v) is 12.3. The number of nitrogens with two attached hydrogens (primary N) is 1. The van der Waals surface area contributed by atoms with Gasteiger partial charge in [0, 0.05) is 0 Å². The number of unbranched alkanes of at least 4 members (excludes halogenated alkanes) is 25. The average Bonchev–Trinajstić information content (AvgIpc) is 2.95. The topological polar surface area (TPSA) is 26.0 Å². The Morgan fingerprint density at radius 1 is 0.410 bits per heavy atom. The molecule has 2 N–H and O–H groups in total. The van der Waals surface area contributed by atoms with Crippen LogP contribution in [0.3, 0.4) is 0 Å². The molecular weight excluding hydrogens is 470 g/mol. The second kappa shape index (κ2) is 33.4. The van der Waals surface area contributed by atoms with Gasteiger partial charge in [-0.2, -0.15) is 0 Å². The first-order valence-corrected chi connectivity index (χ1v) is 18.0. The standard InChI is InChI=1S/C20H34.C18H39N/c1-3-4-5-6-7-8-9-10-11-12-13-17-20-18-15-14-16-19(20)2;1-2-3-4-5-6-7-8-9-10-11-12-13-14-15-16-17-18-19/h14-16,18H,3-13,17H2,1-2H3;2-19H2,1H3. The van der Waals surface area contributed by atoms with Gasteiger partial charge in [-0.05, 0) is 43.9 Å². The summed E-state index contributed by atoms with van der Waals surface area (Å²) < 4.78 is 0. The van der Waals surface area contributed by atoms with Crippen molar-refractivity contribution >= 4 is 0 Å². The van der Waals surface area contributed by atoms with Crippen LogP contribution in [0.25, 0.3) is 0 Å². The molecule has 1 nitrogen and oxygen atoms in total. The minimum Gasteiger partial charge on any atom is -0.330 e. The maximum Gasteiger partial charge on any atom is -0.00773 e. The molecule has 1 heteroatoms. The molecule has 0 spiro atoms. The largest absolute Gasteiger partial charge is 0.330 e. The van der Waals surface area contributed by atoms with Crippen molar-refractivity contribution in [2.24, 2.45) is 5.73 Å². The maximum atomic E-state index is 5.48. The molecule has 0 saturated carbocycles. The quantitative estimate of drug-likeness (QED) is 0.104. The van der Waals surface area contributed by atoms with Crippen molar-refractivity contribution < 1.29 is 0 Å². The lowest BCUT2D eigenvalue weighted by atomic mass is 10.0. The Hall–Kier alpha value is -0.820. The molecule has 0 saturated heterocycles. The first-order valence-electron chi connectivity index (χ1n) is 18.0. The van der Waals surface area contributed by atoms with Gasteiger partial charge in [-0.25, -0.2) is 0 Å². The lowest BCUT2D eigenvalue weighted by molar-refractivity contribution is 0.530. The highest BCUT2D eigenvalue weighted by atomic mass is 14.5. The Balaban J connectivity index is 0.000000742. The average molecular weight is 544 g/mol. The van der Waals surface area contributed by atoms with Crippen LogP contribution in [0.1, 0.15) is 198 Å². The molecule has 0 unspecified atom stereocenters. The van der Waals surface area contributed by atoms with Gasteiger partial charge in [0.15, 0.2) is 0 Å². The molecule has 0 amide bonds. The van der Waals surface area contributed by atoms with Crippen molar-refractivity contribution in [3.05, 3.63) is 35.4 Å². The number of benzene rings is 1. The van der Waals surface area contributed by atoms with Crippen LogP contribution >= 0.6 is 0 Å². The summed E-state index contributed by atoms with van der Waals surface area (Å²) in [4.78, 5) is 0. The highest BCUT2D eigenvalue weighted by Crippen LogP contribution is 2.15. The summed E-state index contributed by atoms with van der Waals surface area (Å²) >= 11 is 0. The highest BCUT2D eigenvalue weighted by molar-refractivity contribution is 5.25. The van der Waals surface area contributed by atoms with E-state index in [2.05, 4.69) is 45.0 Å². The zero-order valence-corrected chi connectivity index (χ0v) is 27.4. The van der Waals surface area contributed by atoms with Crippen molar-refractivity contribution in [1.82, 2.24) is 0 Å². The van der Waals surface area contributed by atoms with E-state index in [1.807, 2.05) is 0 Å². The van der Waals surface area contributed by atoms with Gasteiger partial charge in [-0.15, -0.1) is 0 Å². The van der Waals surface area contributed by atoms with E-state index in [-0.39, 0.29) is 0 Å². The summed E-state index contributed by atoms with van der Waals surface area (Å²) in [5, 5.41) is 0. The molecule has 0 aliphatic rings. The van der Waals surface area contributed by atoms with Crippen LogP contribution in [0, 0.1) is 6.92 Å². The van der Waals surface area contributed by atoms with Crippen molar-refractivity contribution in [3.8, 4) is 0 Å². The van der Waals surface area contributed by atoms with Gasteiger partial charge in [-0.1, -0.05) is 199 Å². The molecule has 0 atom stereocenters. The summed E-state index contributed by atoms with van der Waals surface area (Å²) in [6, 6.07) is 8.82. The van der Waals surface area contributed by atoms with Gasteiger partial charge >= 0.3 is 0 Å². The normalized spacial score (nSPS) is 11.0. The zero-order chi connectivity index (χ0) is 28.5. The monoisotopic (exact) mass is 544 g/mol. The number of hydrogen-bond donors (Lipinski definition) is 1. The fraction of sp³-hybridized carbons (Fsp3) is 0.842. The molecule has 0 bridgehead atoms. The molecular formula is C38H73N. The molecule has 1 aromatic rings. The van der Waals surface area contributed by atoms with Crippen LogP contribution in [0.4, 0.5) is 0 Å². The first kappa shape index (κ1) is 38.2. The van der Waals surface area contributed by atoms with Crippen LogP contribution in [0.15, 0.2) is 24.3 Å². The summed E-state index contributed by atoms with van der Waals surface area (Å²) in [7, 11) is 0. The number of hydrogen-bond acceptors (Lipinski definition) is 1. The lowest BCUT2D eigenvalue weighted by Crippen LogP contribution is -1.97. The molecule has 39 heavy (non-hydrogen) atoms. The van der Waals surface area contributed by atoms with E-state index in [0.717, 1.165) is 6.54 Å². The predicted molar refractivity (Wildman–Crippen MR) is 180 cm³/mol. The van der Waals surface area contributed by atoms with E-state index in [4.69, 9.17) is 5.73 Å². The summed E-state index contributed by atoms with van der Waals surface area (Å²) in [6.45, 7) is 7.68. The maximum absolute atomic E-state index is 5.48. The fourth-order valence-corrected chi connectivity index (χ4v) is 5.56. The number of aryl methyl sites for hydroxylation is 2. The molecule has 0 fully saturated rings. The number of rotatable bonds is 28. The van der Waals surface area contributed by atoms with Gasteiger partial charge in [0.05, 0.1) is 0 Å². The molecule has 1 rings (SSSR count).